The van der Waals surface area contributed by atoms with Gasteiger partial charge < -0.3 is 15.0 Å². The predicted molar refractivity (Wildman–Crippen MR) is 111 cm³/mol. The Hall–Kier alpha value is -2.24. The number of ether oxygens (including phenoxy) is 1. The fraction of sp³-hybridized carbons (Fsp3) is 0.381. The number of amides is 1. The Labute approximate surface area is 165 Å². The lowest BCUT2D eigenvalue weighted by atomic mass is 10.2. The monoisotopic (exact) mass is 387 g/mol. The van der Waals surface area contributed by atoms with E-state index in [2.05, 4.69) is 27.2 Å². The van der Waals surface area contributed by atoms with Crippen LogP contribution in [-0.4, -0.2) is 50.1 Å². The molecule has 27 heavy (non-hydrogen) atoms. The third-order valence-corrected chi connectivity index (χ3v) is 4.88. The number of rotatable bonds is 7. The fourth-order valence-corrected chi connectivity index (χ4v) is 3.32. The lowest BCUT2D eigenvalue weighted by molar-refractivity contribution is -0.114. The highest BCUT2D eigenvalue weighted by Crippen LogP contribution is 2.20. The molecule has 0 radical (unpaired) electrons. The van der Waals surface area contributed by atoms with E-state index in [1.165, 1.54) is 12.6 Å². The number of halogens is 1. The van der Waals surface area contributed by atoms with Crippen molar-refractivity contribution in [1.29, 1.82) is 0 Å². The molecule has 0 atom stereocenters. The van der Waals surface area contributed by atoms with Crippen molar-refractivity contribution in [1.82, 2.24) is 4.90 Å². The van der Waals surface area contributed by atoms with E-state index in [0.717, 1.165) is 55.6 Å². The summed E-state index contributed by atoms with van der Waals surface area (Å²) in [7, 11) is 0. The van der Waals surface area contributed by atoms with Gasteiger partial charge in [-0.1, -0.05) is 11.6 Å². The molecule has 1 heterocycles. The molecule has 1 aliphatic heterocycles. The van der Waals surface area contributed by atoms with Crippen LogP contribution in [-0.2, 0) is 4.79 Å². The van der Waals surface area contributed by atoms with Gasteiger partial charge in [0.15, 0.2) is 0 Å². The van der Waals surface area contributed by atoms with Gasteiger partial charge in [-0.2, -0.15) is 0 Å². The molecule has 1 aliphatic rings. The molecule has 1 N–H and O–H groups in total. The summed E-state index contributed by atoms with van der Waals surface area (Å²) in [4.78, 5) is 15.9. The summed E-state index contributed by atoms with van der Waals surface area (Å²) < 4.78 is 5.80. The molecule has 144 valence electrons. The van der Waals surface area contributed by atoms with Crippen molar-refractivity contribution in [3.63, 3.8) is 0 Å². The number of piperazine rings is 1. The molecular formula is C21H26ClN3O2. The van der Waals surface area contributed by atoms with Crippen LogP contribution in [0.3, 0.4) is 0 Å². The van der Waals surface area contributed by atoms with Crippen LogP contribution in [0, 0.1) is 0 Å². The summed E-state index contributed by atoms with van der Waals surface area (Å²) in [6.07, 6.45) is 0.994. The summed E-state index contributed by atoms with van der Waals surface area (Å²) in [5, 5.41) is 3.53. The zero-order valence-corrected chi connectivity index (χ0v) is 16.4. The number of nitrogens with one attached hydrogen (secondary N) is 1. The van der Waals surface area contributed by atoms with E-state index in [9.17, 15) is 4.79 Å². The first-order valence-corrected chi connectivity index (χ1v) is 9.71. The van der Waals surface area contributed by atoms with Crippen molar-refractivity contribution in [3.05, 3.63) is 53.6 Å². The van der Waals surface area contributed by atoms with Crippen LogP contribution in [0.15, 0.2) is 48.5 Å². The van der Waals surface area contributed by atoms with Gasteiger partial charge in [0.1, 0.15) is 5.75 Å². The number of carbonyl (C=O) groups excluding carboxylic acids is 1. The van der Waals surface area contributed by atoms with Crippen LogP contribution in [0.4, 0.5) is 11.4 Å². The highest BCUT2D eigenvalue weighted by molar-refractivity contribution is 6.30. The molecule has 0 bridgehead atoms. The number of nitrogens with zero attached hydrogens (tertiary/aromatic N) is 2. The minimum atomic E-state index is -0.0696. The summed E-state index contributed by atoms with van der Waals surface area (Å²) >= 11 is 5.96. The van der Waals surface area contributed by atoms with Gasteiger partial charge in [0.25, 0.3) is 0 Å². The maximum absolute atomic E-state index is 11.0. The fourth-order valence-electron chi connectivity index (χ4n) is 3.20. The third kappa shape index (κ3) is 6.15. The van der Waals surface area contributed by atoms with Gasteiger partial charge in [-0.15, -0.1) is 0 Å². The van der Waals surface area contributed by atoms with E-state index < -0.39 is 0 Å². The molecule has 3 rings (SSSR count). The smallest absolute Gasteiger partial charge is 0.221 e. The number of carbonyl (C=O) groups is 1. The number of anilines is 2. The molecule has 0 spiro atoms. The molecule has 2 aromatic carbocycles. The number of hydrogen-bond donors (Lipinski definition) is 1. The molecule has 0 aromatic heterocycles. The molecule has 1 fully saturated rings. The van der Waals surface area contributed by atoms with Gasteiger partial charge in [-0.05, 0) is 55.0 Å². The molecule has 6 heteroatoms. The summed E-state index contributed by atoms with van der Waals surface area (Å²) in [5.41, 5.74) is 2.03. The van der Waals surface area contributed by atoms with E-state index in [-0.39, 0.29) is 5.91 Å². The van der Waals surface area contributed by atoms with Crippen molar-refractivity contribution in [2.24, 2.45) is 0 Å². The Morgan fingerprint density at radius 3 is 2.33 bits per heavy atom. The van der Waals surface area contributed by atoms with E-state index in [1.54, 1.807) is 0 Å². The zero-order valence-electron chi connectivity index (χ0n) is 15.7. The second kappa shape index (κ2) is 9.62. The number of benzene rings is 2. The van der Waals surface area contributed by atoms with Crippen molar-refractivity contribution in [3.8, 4) is 5.75 Å². The van der Waals surface area contributed by atoms with Gasteiger partial charge in [0.05, 0.1) is 6.61 Å². The second-order valence-corrected chi connectivity index (χ2v) is 7.15. The molecule has 2 aromatic rings. The molecule has 5 nitrogen and oxygen atoms in total. The third-order valence-electron chi connectivity index (χ3n) is 4.63. The first-order chi connectivity index (χ1) is 13.1. The van der Waals surface area contributed by atoms with Crippen LogP contribution in [0.1, 0.15) is 13.3 Å². The van der Waals surface area contributed by atoms with E-state index in [0.29, 0.717) is 6.61 Å². The molecule has 0 aliphatic carbocycles. The molecule has 0 saturated carbocycles. The van der Waals surface area contributed by atoms with E-state index in [4.69, 9.17) is 16.3 Å². The lowest BCUT2D eigenvalue weighted by Gasteiger charge is -2.36. The van der Waals surface area contributed by atoms with E-state index in [1.807, 2.05) is 36.4 Å². The summed E-state index contributed by atoms with van der Waals surface area (Å²) in [5.74, 6) is 0.761. The van der Waals surface area contributed by atoms with Gasteiger partial charge in [0.2, 0.25) is 5.91 Å². The lowest BCUT2D eigenvalue weighted by Crippen LogP contribution is -2.46. The molecular weight excluding hydrogens is 362 g/mol. The number of hydrogen-bond acceptors (Lipinski definition) is 4. The maximum atomic E-state index is 11.0. The Balaban J connectivity index is 1.33. The molecule has 1 saturated heterocycles. The second-order valence-electron chi connectivity index (χ2n) is 6.71. The highest BCUT2D eigenvalue weighted by Gasteiger charge is 2.16. The van der Waals surface area contributed by atoms with Crippen molar-refractivity contribution >= 4 is 28.9 Å². The van der Waals surface area contributed by atoms with Crippen LogP contribution in [0.5, 0.6) is 5.75 Å². The van der Waals surface area contributed by atoms with Crippen LogP contribution < -0.4 is 15.0 Å². The SMILES string of the molecule is CC(=O)Nc1ccc(OCCCN2CCN(c3ccc(Cl)cc3)CC2)cc1. The Kier molecular flexibility index (Phi) is 6.96. The molecule has 0 unspecified atom stereocenters. The van der Waals surface area contributed by atoms with Crippen molar-refractivity contribution in [2.75, 3.05) is 49.5 Å². The topological polar surface area (TPSA) is 44.8 Å². The van der Waals surface area contributed by atoms with Crippen LogP contribution in [0.25, 0.3) is 0 Å². The van der Waals surface area contributed by atoms with Crippen molar-refractivity contribution in [2.45, 2.75) is 13.3 Å². The van der Waals surface area contributed by atoms with Gasteiger partial charge in [-0.25, -0.2) is 0 Å². The Bertz CT molecular complexity index is 726. The quantitative estimate of drug-likeness (QED) is 0.732. The van der Waals surface area contributed by atoms with Gasteiger partial charge in [-0.3, -0.25) is 9.69 Å². The Morgan fingerprint density at radius 1 is 1.04 bits per heavy atom. The maximum Gasteiger partial charge on any atom is 0.221 e. The highest BCUT2D eigenvalue weighted by atomic mass is 35.5. The minimum absolute atomic E-state index is 0.0696. The first-order valence-electron chi connectivity index (χ1n) is 9.33. The van der Waals surface area contributed by atoms with Crippen LogP contribution in [0.2, 0.25) is 5.02 Å². The van der Waals surface area contributed by atoms with E-state index >= 15 is 0 Å². The summed E-state index contributed by atoms with van der Waals surface area (Å²) in [6.45, 7) is 7.43. The average Bonchev–Trinajstić information content (AvgIpc) is 2.67. The standard InChI is InChI=1S/C21H26ClN3O2/c1-17(26)23-19-5-9-21(10-6-19)27-16-2-11-24-12-14-25(15-13-24)20-7-3-18(22)4-8-20/h3-10H,2,11-16H2,1H3,(H,23,26). The van der Waals surface area contributed by atoms with Crippen LogP contribution >= 0.6 is 11.6 Å². The first kappa shape index (κ1) is 19.5. The minimum Gasteiger partial charge on any atom is -0.494 e. The predicted octanol–water partition coefficient (Wildman–Crippen LogP) is 3.89. The normalized spacial score (nSPS) is 14.8. The van der Waals surface area contributed by atoms with Crippen molar-refractivity contribution < 1.29 is 9.53 Å². The largest absolute Gasteiger partial charge is 0.494 e. The molecule has 1 amide bonds. The zero-order chi connectivity index (χ0) is 19.1. The average molecular weight is 388 g/mol. The van der Waals surface area contributed by atoms with Gasteiger partial charge in [0, 0.05) is 56.0 Å². The Morgan fingerprint density at radius 2 is 1.70 bits per heavy atom. The van der Waals surface area contributed by atoms with Gasteiger partial charge >= 0.3 is 0 Å². The summed E-state index contributed by atoms with van der Waals surface area (Å²) in [6, 6.07) is 15.5.